The summed E-state index contributed by atoms with van der Waals surface area (Å²) in [4.78, 5) is 10.6. The van der Waals surface area contributed by atoms with Crippen LogP contribution in [0.25, 0.3) is 0 Å². The molecular formula is C23H32N2O4S. The molecule has 0 radical (unpaired) electrons. The number of rotatable bonds is 14. The SMILES string of the molecule is CCCCCCCCCCc1ccc(S(=O)(=O)NCc2ccccc2)c([N+](=O)[O-])c1. The average molecular weight is 433 g/mol. The van der Waals surface area contributed by atoms with Crippen molar-refractivity contribution >= 4 is 15.7 Å². The van der Waals surface area contributed by atoms with Crippen LogP contribution in [0.15, 0.2) is 53.4 Å². The van der Waals surface area contributed by atoms with Crippen molar-refractivity contribution in [1.82, 2.24) is 4.72 Å². The van der Waals surface area contributed by atoms with E-state index in [0.717, 1.165) is 24.0 Å². The van der Waals surface area contributed by atoms with Gasteiger partial charge in [-0.25, -0.2) is 13.1 Å². The standard InChI is InChI=1S/C23H32N2O4S/c1-2-3-4-5-6-7-8-10-13-20-16-17-23(22(18-20)25(26)27)30(28,29)24-19-21-14-11-9-12-15-21/h9,11-12,14-18,24H,2-8,10,13,19H2,1H3. The van der Waals surface area contributed by atoms with Gasteiger partial charge in [0, 0.05) is 12.6 Å². The molecule has 0 atom stereocenters. The van der Waals surface area contributed by atoms with Crippen LogP contribution < -0.4 is 4.72 Å². The lowest BCUT2D eigenvalue weighted by molar-refractivity contribution is -0.387. The van der Waals surface area contributed by atoms with Crippen LogP contribution in [0.3, 0.4) is 0 Å². The van der Waals surface area contributed by atoms with E-state index in [1.807, 2.05) is 18.2 Å². The fraction of sp³-hybridized carbons (Fsp3) is 0.478. The molecule has 7 heteroatoms. The van der Waals surface area contributed by atoms with E-state index in [4.69, 9.17) is 0 Å². The maximum Gasteiger partial charge on any atom is 0.289 e. The van der Waals surface area contributed by atoms with Gasteiger partial charge in [0.1, 0.15) is 0 Å². The van der Waals surface area contributed by atoms with Gasteiger partial charge in [-0.2, -0.15) is 0 Å². The first-order valence-corrected chi connectivity index (χ1v) is 12.2. The van der Waals surface area contributed by atoms with E-state index in [0.29, 0.717) is 6.42 Å². The lowest BCUT2D eigenvalue weighted by Gasteiger charge is -2.09. The highest BCUT2D eigenvalue weighted by Crippen LogP contribution is 2.26. The van der Waals surface area contributed by atoms with Gasteiger partial charge in [-0.3, -0.25) is 10.1 Å². The quantitative estimate of drug-likeness (QED) is 0.234. The summed E-state index contributed by atoms with van der Waals surface area (Å²) in [7, 11) is -3.98. The third kappa shape index (κ3) is 7.88. The van der Waals surface area contributed by atoms with E-state index in [1.54, 1.807) is 18.2 Å². The molecule has 6 nitrogen and oxygen atoms in total. The lowest BCUT2D eigenvalue weighted by atomic mass is 10.0. The van der Waals surface area contributed by atoms with E-state index >= 15 is 0 Å². The molecule has 0 bridgehead atoms. The molecule has 2 aromatic carbocycles. The lowest BCUT2D eigenvalue weighted by Crippen LogP contribution is -2.24. The summed E-state index contributed by atoms with van der Waals surface area (Å²) >= 11 is 0. The Morgan fingerprint density at radius 3 is 2.13 bits per heavy atom. The third-order valence-corrected chi connectivity index (χ3v) is 6.59. The number of hydrogen-bond donors (Lipinski definition) is 1. The molecule has 0 saturated heterocycles. The monoisotopic (exact) mass is 432 g/mol. The summed E-state index contributed by atoms with van der Waals surface area (Å²) in [6.45, 7) is 2.29. The topological polar surface area (TPSA) is 89.3 Å². The van der Waals surface area contributed by atoms with Crippen molar-refractivity contribution in [2.24, 2.45) is 0 Å². The van der Waals surface area contributed by atoms with Gasteiger partial charge in [0.05, 0.1) is 4.92 Å². The van der Waals surface area contributed by atoms with Gasteiger partial charge in [-0.15, -0.1) is 0 Å². The molecular weight excluding hydrogens is 400 g/mol. The zero-order valence-corrected chi connectivity index (χ0v) is 18.5. The largest absolute Gasteiger partial charge is 0.289 e. The highest BCUT2D eigenvalue weighted by molar-refractivity contribution is 7.89. The summed E-state index contributed by atoms with van der Waals surface area (Å²) in [5.74, 6) is 0. The number of nitro benzene ring substituents is 1. The first-order chi connectivity index (χ1) is 14.4. The third-order valence-electron chi connectivity index (χ3n) is 5.14. The van der Waals surface area contributed by atoms with Crippen molar-refractivity contribution in [2.45, 2.75) is 76.2 Å². The van der Waals surface area contributed by atoms with E-state index in [2.05, 4.69) is 11.6 Å². The number of nitrogens with one attached hydrogen (secondary N) is 1. The van der Waals surface area contributed by atoms with Crippen molar-refractivity contribution in [1.29, 1.82) is 0 Å². The molecule has 0 saturated carbocycles. The summed E-state index contributed by atoms with van der Waals surface area (Å²) in [6.07, 6.45) is 10.2. The molecule has 2 rings (SSSR count). The average Bonchev–Trinajstić information content (AvgIpc) is 2.75. The van der Waals surface area contributed by atoms with Gasteiger partial charge in [-0.1, -0.05) is 88.3 Å². The number of hydrogen-bond acceptors (Lipinski definition) is 4. The van der Waals surface area contributed by atoms with Crippen molar-refractivity contribution in [3.05, 3.63) is 69.8 Å². The Labute approximate surface area is 179 Å². The van der Waals surface area contributed by atoms with Gasteiger partial charge in [0.25, 0.3) is 5.69 Å². The molecule has 0 aliphatic carbocycles. The van der Waals surface area contributed by atoms with E-state index < -0.39 is 14.9 Å². The van der Waals surface area contributed by atoms with Gasteiger partial charge >= 0.3 is 0 Å². The van der Waals surface area contributed by atoms with E-state index in [9.17, 15) is 18.5 Å². The Morgan fingerprint density at radius 2 is 1.50 bits per heavy atom. The minimum absolute atomic E-state index is 0.0837. The second kappa shape index (κ2) is 12.4. The van der Waals surface area contributed by atoms with Gasteiger partial charge in [0.2, 0.25) is 10.0 Å². The van der Waals surface area contributed by atoms with Crippen molar-refractivity contribution < 1.29 is 13.3 Å². The molecule has 0 aliphatic heterocycles. The second-order valence-corrected chi connectivity index (χ2v) is 9.33. The molecule has 1 N–H and O–H groups in total. The van der Waals surface area contributed by atoms with Crippen LogP contribution >= 0.6 is 0 Å². The molecule has 0 spiro atoms. The van der Waals surface area contributed by atoms with Crippen LogP contribution in [0.2, 0.25) is 0 Å². The Bertz CT molecular complexity index is 899. The van der Waals surface area contributed by atoms with Crippen LogP contribution in [-0.4, -0.2) is 13.3 Å². The fourth-order valence-electron chi connectivity index (χ4n) is 3.40. The van der Waals surface area contributed by atoms with Crippen molar-refractivity contribution in [3.63, 3.8) is 0 Å². The van der Waals surface area contributed by atoms with Crippen LogP contribution in [-0.2, 0) is 23.0 Å². The second-order valence-electron chi connectivity index (χ2n) is 7.59. The highest BCUT2D eigenvalue weighted by Gasteiger charge is 2.25. The minimum atomic E-state index is -3.98. The van der Waals surface area contributed by atoms with E-state index in [1.165, 1.54) is 50.7 Å². The first-order valence-electron chi connectivity index (χ1n) is 10.7. The van der Waals surface area contributed by atoms with E-state index in [-0.39, 0.29) is 17.1 Å². The number of benzene rings is 2. The Morgan fingerprint density at radius 1 is 0.867 bits per heavy atom. The molecule has 0 unspecified atom stereocenters. The molecule has 2 aromatic rings. The predicted molar refractivity (Wildman–Crippen MR) is 120 cm³/mol. The molecule has 0 heterocycles. The van der Waals surface area contributed by atoms with Crippen LogP contribution in [0.5, 0.6) is 0 Å². The fourth-order valence-corrected chi connectivity index (χ4v) is 4.57. The first kappa shape index (κ1) is 24.0. The van der Waals surface area contributed by atoms with Crippen LogP contribution in [0.4, 0.5) is 5.69 Å². The van der Waals surface area contributed by atoms with Gasteiger partial charge in [0.15, 0.2) is 4.90 Å². The minimum Gasteiger partial charge on any atom is -0.258 e. The Kier molecular flexibility index (Phi) is 9.97. The summed E-state index contributed by atoms with van der Waals surface area (Å²) in [5.41, 5.74) is 1.22. The van der Waals surface area contributed by atoms with Crippen LogP contribution in [0.1, 0.15) is 69.4 Å². The summed E-state index contributed by atoms with van der Waals surface area (Å²) < 4.78 is 27.7. The molecule has 164 valence electrons. The highest BCUT2D eigenvalue weighted by atomic mass is 32.2. The summed E-state index contributed by atoms with van der Waals surface area (Å²) in [6, 6.07) is 13.5. The van der Waals surface area contributed by atoms with Crippen molar-refractivity contribution in [3.8, 4) is 0 Å². The Hall–Kier alpha value is -2.25. The normalized spacial score (nSPS) is 11.5. The molecule has 0 aromatic heterocycles. The zero-order valence-electron chi connectivity index (χ0n) is 17.7. The predicted octanol–water partition coefficient (Wildman–Crippen LogP) is 5.76. The number of sulfonamides is 1. The molecule has 0 fully saturated rings. The van der Waals surface area contributed by atoms with Gasteiger partial charge in [-0.05, 0) is 30.0 Å². The molecule has 30 heavy (non-hydrogen) atoms. The van der Waals surface area contributed by atoms with Crippen LogP contribution in [0, 0.1) is 10.1 Å². The maximum atomic E-state index is 12.6. The zero-order chi connectivity index (χ0) is 21.8. The number of nitro groups is 1. The molecule has 0 aliphatic rings. The summed E-state index contributed by atoms with van der Waals surface area (Å²) in [5, 5.41) is 11.5. The maximum absolute atomic E-state index is 12.6. The smallest absolute Gasteiger partial charge is 0.258 e. The number of nitrogens with zero attached hydrogens (tertiary/aromatic N) is 1. The molecule has 0 amide bonds. The van der Waals surface area contributed by atoms with Crippen molar-refractivity contribution in [2.75, 3.05) is 0 Å². The number of unbranched alkanes of at least 4 members (excludes halogenated alkanes) is 7. The number of aryl methyl sites for hydroxylation is 1. The Balaban J connectivity index is 1.94. The van der Waals surface area contributed by atoms with Gasteiger partial charge < -0.3 is 0 Å².